The Balaban J connectivity index is 1.41. The van der Waals surface area contributed by atoms with Gasteiger partial charge in [0.1, 0.15) is 5.82 Å². The van der Waals surface area contributed by atoms with Crippen molar-refractivity contribution < 1.29 is 14.0 Å². The van der Waals surface area contributed by atoms with E-state index in [0.717, 1.165) is 0 Å². The van der Waals surface area contributed by atoms with Gasteiger partial charge in [0.05, 0.1) is 0 Å². The van der Waals surface area contributed by atoms with E-state index in [0.29, 0.717) is 29.1 Å². The first-order valence-electron chi connectivity index (χ1n) is 8.72. The number of hydrogen-bond donors (Lipinski definition) is 1. The number of nitrogens with one attached hydrogen (secondary N) is 1. The van der Waals surface area contributed by atoms with Crippen LogP contribution in [-0.4, -0.2) is 21.2 Å². The van der Waals surface area contributed by atoms with Crippen molar-refractivity contribution in [3.05, 3.63) is 83.7 Å². The SMILES string of the molecule is Cn1ccnc1C(=O)c1ccc(NC(=O)[C@H]2C[C@H]2c2ccccc2F)cc1. The monoisotopic (exact) mass is 363 g/mol. The minimum atomic E-state index is -0.269. The molecule has 27 heavy (non-hydrogen) atoms. The molecule has 1 N–H and O–H groups in total. The lowest BCUT2D eigenvalue weighted by atomic mass is 10.1. The van der Waals surface area contributed by atoms with Crippen molar-refractivity contribution in [2.45, 2.75) is 12.3 Å². The van der Waals surface area contributed by atoms with E-state index < -0.39 is 0 Å². The van der Waals surface area contributed by atoms with Crippen molar-refractivity contribution in [3.63, 3.8) is 0 Å². The molecule has 1 aliphatic carbocycles. The average Bonchev–Trinajstić information content (AvgIpc) is 3.35. The molecule has 2 aromatic carbocycles. The summed E-state index contributed by atoms with van der Waals surface area (Å²) in [4.78, 5) is 28.9. The Morgan fingerprint density at radius 1 is 1.15 bits per heavy atom. The molecule has 4 rings (SSSR count). The van der Waals surface area contributed by atoms with Crippen LogP contribution >= 0.6 is 0 Å². The predicted octanol–water partition coefficient (Wildman–Crippen LogP) is 3.53. The summed E-state index contributed by atoms with van der Waals surface area (Å²) >= 11 is 0. The van der Waals surface area contributed by atoms with Crippen LogP contribution in [0.3, 0.4) is 0 Å². The largest absolute Gasteiger partial charge is 0.331 e. The Morgan fingerprint density at radius 2 is 1.89 bits per heavy atom. The number of aryl methyl sites for hydroxylation is 1. The molecule has 0 unspecified atom stereocenters. The van der Waals surface area contributed by atoms with Crippen molar-refractivity contribution in [1.29, 1.82) is 0 Å². The van der Waals surface area contributed by atoms with Crippen LogP contribution in [0.2, 0.25) is 0 Å². The zero-order valence-electron chi connectivity index (χ0n) is 14.7. The third-order valence-electron chi connectivity index (χ3n) is 4.87. The second-order valence-corrected chi connectivity index (χ2v) is 6.73. The third-order valence-corrected chi connectivity index (χ3v) is 4.87. The van der Waals surface area contributed by atoms with Crippen LogP contribution in [0.15, 0.2) is 60.9 Å². The van der Waals surface area contributed by atoms with Gasteiger partial charge in [0, 0.05) is 36.6 Å². The Labute approximate surface area is 155 Å². The van der Waals surface area contributed by atoms with E-state index in [-0.39, 0.29) is 29.3 Å². The fourth-order valence-corrected chi connectivity index (χ4v) is 3.26. The lowest BCUT2D eigenvalue weighted by Crippen LogP contribution is -2.15. The molecule has 1 aliphatic rings. The van der Waals surface area contributed by atoms with E-state index in [1.807, 2.05) is 0 Å². The van der Waals surface area contributed by atoms with Gasteiger partial charge in [0.25, 0.3) is 0 Å². The van der Waals surface area contributed by atoms with Gasteiger partial charge in [-0.1, -0.05) is 18.2 Å². The molecule has 0 spiro atoms. The fraction of sp³-hybridized carbons (Fsp3) is 0.190. The predicted molar refractivity (Wildman–Crippen MR) is 99.0 cm³/mol. The fourth-order valence-electron chi connectivity index (χ4n) is 3.26. The van der Waals surface area contributed by atoms with Crippen molar-refractivity contribution in [2.24, 2.45) is 13.0 Å². The number of nitrogens with zero attached hydrogens (tertiary/aromatic N) is 2. The summed E-state index contributed by atoms with van der Waals surface area (Å²) in [6, 6.07) is 13.3. The quantitative estimate of drug-likeness (QED) is 0.706. The van der Waals surface area contributed by atoms with Crippen LogP contribution in [0.5, 0.6) is 0 Å². The Kier molecular flexibility index (Phi) is 4.32. The first-order valence-corrected chi connectivity index (χ1v) is 8.72. The Bertz CT molecular complexity index is 1010. The number of ketones is 1. The van der Waals surface area contributed by atoms with Crippen LogP contribution < -0.4 is 5.32 Å². The number of imidazole rings is 1. The zero-order valence-corrected chi connectivity index (χ0v) is 14.7. The van der Waals surface area contributed by atoms with Crippen molar-refractivity contribution in [1.82, 2.24) is 9.55 Å². The maximum Gasteiger partial charge on any atom is 0.228 e. The van der Waals surface area contributed by atoms with Gasteiger partial charge in [-0.3, -0.25) is 9.59 Å². The van der Waals surface area contributed by atoms with Crippen molar-refractivity contribution in [3.8, 4) is 0 Å². The highest BCUT2D eigenvalue weighted by atomic mass is 19.1. The molecule has 6 heteroatoms. The minimum Gasteiger partial charge on any atom is -0.331 e. The first-order chi connectivity index (χ1) is 13.0. The van der Waals surface area contributed by atoms with Gasteiger partial charge in [-0.15, -0.1) is 0 Å². The second kappa shape index (κ2) is 6.79. The van der Waals surface area contributed by atoms with Crippen LogP contribution in [-0.2, 0) is 11.8 Å². The third kappa shape index (κ3) is 3.38. The molecule has 0 aliphatic heterocycles. The van der Waals surface area contributed by atoms with Crippen LogP contribution in [0.4, 0.5) is 10.1 Å². The number of rotatable bonds is 5. The Morgan fingerprint density at radius 3 is 2.56 bits per heavy atom. The van der Waals surface area contributed by atoms with Gasteiger partial charge in [-0.2, -0.15) is 0 Å². The van der Waals surface area contributed by atoms with E-state index in [4.69, 9.17) is 0 Å². The van der Waals surface area contributed by atoms with Crippen LogP contribution in [0.25, 0.3) is 0 Å². The van der Waals surface area contributed by atoms with E-state index in [2.05, 4.69) is 10.3 Å². The molecule has 5 nitrogen and oxygen atoms in total. The molecule has 0 bridgehead atoms. The summed E-state index contributed by atoms with van der Waals surface area (Å²) in [6.07, 6.45) is 3.93. The van der Waals surface area contributed by atoms with E-state index >= 15 is 0 Å². The summed E-state index contributed by atoms with van der Waals surface area (Å²) in [5.74, 6) is -0.521. The second-order valence-electron chi connectivity index (χ2n) is 6.73. The lowest BCUT2D eigenvalue weighted by Gasteiger charge is -2.07. The summed E-state index contributed by atoms with van der Waals surface area (Å²) in [5, 5.41) is 2.84. The maximum atomic E-state index is 13.8. The lowest BCUT2D eigenvalue weighted by molar-refractivity contribution is -0.117. The van der Waals surface area contributed by atoms with Gasteiger partial charge >= 0.3 is 0 Å². The van der Waals surface area contributed by atoms with Crippen LogP contribution in [0, 0.1) is 11.7 Å². The smallest absolute Gasteiger partial charge is 0.228 e. The highest BCUT2D eigenvalue weighted by Gasteiger charge is 2.45. The van der Waals surface area contributed by atoms with Gasteiger partial charge in [-0.05, 0) is 48.2 Å². The number of carbonyl (C=O) groups is 2. The molecule has 1 amide bonds. The molecule has 1 saturated carbocycles. The highest BCUT2D eigenvalue weighted by molar-refractivity contribution is 6.07. The van der Waals surface area contributed by atoms with Crippen LogP contribution in [0.1, 0.15) is 34.1 Å². The molecule has 1 aromatic heterocycles. The first kappa shape index (κ1) is 17.1. The highest BCUT2D eigenvalue weighted by Crippen LogP contribution is 2.48. The van der Waals surface area contributed by atoms with E-state index in [9.17, 15) is 14.0 Å². The molecular formula is C21H18FN3O2. The van der Waals surface area contributed by atoms with E-state index in [1.165, 1.54) is 6.07 Å². The zero-order chi connectivity index (χ0) is 19.0. The standard InChI is InChI=1S/C21H18FN3O2/c1-25-11-10-23-20(25)19(26)13-6-8-14(9-7-13)24-21(27)17-12-16(17)15-4-2-3-5-18(15)22/h2-11,16-17H,12H2,1H3,(H,24,27)/t16-,17-/m0/s1. The van der Waals surface area contributed by atoms with Gasteiger partial charge < -0.3 is 9.88 Å². The number of benzene rings is 2. The average molecular weight is 363 g/mol. The molecule has 0 radical (unpaired) electrons. The molecule has 2 atom stereocenters. The summed E-state index contributed by atoms with van der Waals surface area (Å²) < 4.78 is 15.5. The molecule has 3 aromatic rings. The molecule has 0 saturated heterocycles. The summed E-state index contributed by atoms with van der Waals surface area (Å²) in [7, 11) is 1.76. The van der Waals surface area contributed by atoms with Gasteiger partial charge in [-0.25, -0.2) is 9.37 Å². The van der Waals surface area contributed by atoms with Crippen molar-refractivity contribution >= 4 is 17.4 Å². The molecule has 1 heterocycles. The maximum absolute atomic E-state index is 13.8. The normalized spacial score (nSPS) is 18.1. The summed E-state index contributed by atoms with van der Waals surface area (Å²) in [6.45, 7) is 0. The molecule has 136 valence electrons. The van der Waals surface area contributed by atoms with E-state index in [1.54, 1.807) is 66.5 Å². The number of carbonyl (C=O) groups excluding carboxylic acids is 2. The number of halogens is 1. The molecular weight excluding hydrogens is 345 g/mol. The van der Waals surface area contributed by atoms with Gasteiger partial charge in [0.15, 0.2) is 5.82 Å². The molecule has 1 fully saturated rings. The number of anilines is 1. The topological polar surface area (TPSA) is 64.0 Å². The number of aromatic nitrogens is 2. The van der Waals surface area contributed by atoms with Crippen molar-refractivity contribution in [2.75, 3.05) is 5.32 Å². The minimum absolute atomic E-state index is 0.0736. The Hall–Kier alpha value is -3.28. The summed E-state index contributed by atoms with van der Waals surface area (Å²) in [5.41, 5.74) is 1.70. The number of hydrogen-bond acceptors (Lipinski definition) is 3. The van der Waals surface area contributed by atoms with Gasteiger partial charge in [0.2, 0.25) is 11.7 Å². The number of amides is 1.